The summed E-state index contributed by atoms with van der Waals surface area (Å²) in [7, 11) is 0. The summed E-state index contributed by atoms with van der Waals surface area (Å²) in [4.78, 5) is 28.5. The van der Waals surface area contributed by atoms with Crippen LogP contribution in [-0.4, -0.2) is 28.6 Å². The molecule has 5 heteroatoms. The van der Waals surface area contributed by atoms with Crippen molar-refractivity contribution >= 4 is 11.7 Å². The van der Waals surface area contributed by atoms with Crippen LogP contribution < -0.4 is 10.1 Å². The van der Waals surface area contributed by atoms with E-state index in [0.717, 1.165) is 24.2 Å². The lowest BCUT2D eigenvalue weighted by Crippen LogP contribution is -2.58. The summed E-state index contributed by atoms with van der Waals surface area (Å²) in [5.41, 5.74) is -0.500. The van der Waals surface area contributed by atoms with Crippen LogP contribution in [0.3, 0.4) is 0 Å². The molecule has 5 nitrogen and oxygen atoms in total. The van der Waals surface area contributed by atoms with Crippen LogP contribution in [0.15, 0.2) is 35.9 Å². The number of carbonyl (C=O) groups is 2. The van der Waals surface area contributed by atoms with Crippen molar-refractivity contribution in [2.45, 2.75) is 85.0 Å². The lowest BCUT2D eigenvalue weighted by molar-refractivity contribution is -0.155. The summed E-state index contributed by atoms with van der Waals surface area (Å²) in [5.74, 6) is 2.05. The van der Waals surface area contributed by atoms with Crippen LogP contribution in [0.2, 0.25) is 0 Å². The van der Waals surface area contributed by atoms with Crippen molar-refractivity contribution < 1.29 is 19.4 Å². The summed E-state index contributed by atoms with van der Waals surface area (Å²) >= 11 is 0. The molecular weight excluding hydrogens is 462 g/mol. The minimum Gasteiger partial charge on any atom is -0.490 e. The largest absolute Gasteiger partial charge is 0.490 e. The number of hydrogen-bond acceptors (Lipinski definition) is 4. The maximum atomic E-state index is 14.8. The van der Waals surface area contributed by atoms with Gasteiger partial charge in [0.05, 0.1) is 0 Å². The number of carbonyl (C=O) groups excluding carboxylic acids is 2. The molecule has 0 aromatic heterocycles. The quantitative estimate of drug-likeness (QED) is 0.383. The molecule has 2 N–H and O–H groups in total. The van der Waals surface area contributed by atoms with Crippen molar-refractivity contribution in [1.82, 2.24) is 5.32 Å². The van der Waals surface area contributed by atoms with Gasteiger partial charge >= 0.3 is 0 Å². The zero-order valence-corrected chi connectivity index (χ0v) is 22.8. The molecule has 8 rings (SSSR count). The Balaban J connectivity index is 1.47. The van der Waals surface area contributed by atoms with Crippen molar-refractivity contribution in [2.24, 2.45) is 51.8 Å². The summed E-state index contributed by atoms with van der Waals surface area (Å²) < 4.78 is 7.02. The Kier molecular flexibility index (Phi) is 4.71. The van der Waals surface area contributed by atoms with Gasteiger partial charge in [-0.1, -0.05) is 51.5 Å². The fourth-order valence-electron chi connectivity index (χ4n) is 11.0. The number of Topliss-reactive ketones (excluding diaryl/α,β-unsaturated/α-hetero) is 1. The van der Waals surface area contributed by atoms with Crippen molar-refractivity contribution in [3.05, 3.63) is 41.5 Å². The molecule has 3 aliphatic heterocycles. The van der Waals surface area contributed by atoms with Gasteiger partial charge in [-0.15, -0.1) is 0 Å². The molecule has 0 unspecified atom stereocenters. The Morgan fingerprint density at radius 1 is 1.05 bits per heavy atom. The molecule has 3 heterocycles. The number of ether oxygens (including phenoxy) is 1. The highest BCUT2D eigenvalue weighted by molar-refractivity contribution is 6.10. The van der Waals surface area contributed by atoms with Gasteiger partial charge < -0.3 is 15.2 Å². The molecule has 1 aromatic carbocycles. The van der Waals surface area contributed by atoms with Crippen LogP contribution in [0.1, 0.15) is 72.3 Å². The van der Waals surface area contributed by atoms with Crippen LogP contribution in [-0.2, 0) is 16.0 Å². The monoisotopic (exact) mass is 503 g/mol. The lowest BCUT2D eigenvalue weighted by Gasteiger charge is -2.54. The van der Waals surface area contributed by atoms with E-state index in [2.05, 4.69) is 46.0 Å². The van der Waals surface area contributed by atoms with Gasteiger partial charge in [0.15, 0.2) is 5.78 Å². The first-order chi connectivity index (χ1) is 17.4. The van der Waals surface area contributed by atoms with E-state index in [1.807, 2.05) is 24.3 Å². The summed E-state index contributed by atoms with van der Waals surface area (Å²) in [6, 6.07) is 8.04. The SMILES string of the molecule is CC1=C[C@]2(C)CC[C@]34C[C@](O)(Cc5ccc(cc5)O[C@H]5[C@@H]([C@@H]1[C@]1(C)C[C@H](C)C[C@H](C)[C@@H]51)[C@H]2C3=O)NC4=O. The predicted molar refractivity (Wildman–Crippen MR) is 140 cm³/mol. The van der Waals surface area contributed by atoms with Gasteiger partial charge in [0.25, 0.3) is 0 Å². The fraction of sp³-hybridized carbons (Fsp3) is 0.688. The number of rotatable bonds is 0. The van der Waals surface area contributed by atoms with Crippen molar-refractivity contribution in [3.8, 4) is 5.75 Å². The number of fused-ring (bicyclic) bond motifs is 4. The minimum absolute atomic E-state index is 0.0179. The average molecular weight is 504 g/mol. The van der Waals surface area contributed by atoms with E-state index in [1.54, 1.807) is 0 Å². The predicted octanol–water partition coefficient (Wildman–Crippen LogP) is 5.06. The molecule has 3 saturated carbocycles. The normalized spacial score (nSPS) is 51.7. The van der Waals surface area contributed by atoms with Crippen LogP contribution in [0.4, 0.5) is 0 Å². The summed E-state index contributed by atoms with van der Waals surface area (Å²) in [5, 5.41) is 14.5. The van der Waals surface area contributed by atoms with Gasteiger partial charge in [-0.25, -0.2) is 0 Å². The van der Waals surface area contributed by atoms with E-state index < -0.39 is 11.1 Å². The molecule has 0 radical (unpaired) electrons. The fourth-order valence-corrected chi connectivity index (χ4v) is 11.0. The van der Waals surface area contributed by atoms with Crippen LogP contribution in [0, 0.1) is 51.8 Å². The Morgan fingerprint density at radius 2 is 1.78 bits per heavy atom. The van der Waals surface area contributed by atoms with Crippen LogP contribution in [0.25, 0.3) is 0 Å². The molecule has 198 valence electrons. The molecule has 1 aromatic rings. The third-order valence-electron chi connectivity index (χ3n) is 11.8. The number of amides is 1. The van der Waals surface area contributed by atoms with Crippen molar-refractivity contribution in [3.63, 3.8) is 0 Å². The molecule has 7 aliphatic rings. The average Bonchev–Trinajstić information content (AvgIpc) is 3.20. The second-order valence-corrected chi connectivity index (χ2v) is 14.5. The number of ketones is 1. The van der Waals surface area contributed by atoms with Crippen molar-refractivity contribution in [1.29, 1.82) is 0 Å². The Hall–Kier alpha value is -2.14. The highest BCUT2D eigenvalue weighted by Gasteiger charge is 2.72. The minimum atomic E-state index is -1.41. The third kappa shape index (κ3) is 3.01. The molecule has 1 spiro atoms. The second-order valence-electron chi connectivity index (χ2n) is 14.5. The smallest absolute Gasteiger partial charge is 0.236 e. The van der Waals surface area contributed by atoms with E-state index in [-0.39, 0.29) is 52.8 Å². The standard InChI is InChI=1S/C32H41NO4/c1-17-12-18(2)24-26-22-23(30(24,5)13-17)19(3)14-29(4)10-11-31(27(34)25(22)29)16-32(36,33-28(31)35)15-20-6-8-21(37-26)9-7-20/h6-9,14,17-18,22-26,36H,10-13,15-16H2,1-5H3,(H,33,35)/t17-,18+,22+,23-,24+,25+,26+,29+,30+,31+,32-/m1/s1. The summed E-state index contributed by atoms with van der Waals surface area (Å²) in [6.45, 7) is 11.7. The molecule has 5 bridgehead atoms. The molecule has 4 fully saturated rings. The Morgan fingerprint density at radius 3 is 2.51 bits per heavy atom. The number of nitrogens with one attached hydrogen (secondary N) is 1. The van der Waals surface area contributed by atoms with E-state index >= 15 is 0 Å². The first kappa shape index (κ1) is 23.9. The van der Waals surface area contributed by atoms with Gasteiger partial charge in [-0.3, -0.25) is 9.59 Å². The maximum Gasteiger partial charge on any atom is 0.236 e. The number of allylic oxidation sites excluding steroid dienone is 2. The topological polar surface area (TPSA) is 75.6 Å². The summed E-state index contributed by atoms with van der Waals surface area (Å²) in [6.07, 6.45) is 6.35. The zero-order chi connectivity index (χ0) is 26.1. The first-order valence-electron chi connectivity index (χ1n) is 14.4. The number of hydrogen-bond donors (Lipinski definition) is 2. The molecule has 11 atom stereocenters. The van der Waals surface area contributed by atoms with Gasteiger partial charge in [-0.05, 0) is 78.9 Å². The van der Waals surface area contributed by atoms with E-state index in [1.165, 1.54) is 12.0 Å². The maximum absolute atomic E-state index is 14.8. The van der Waals surface area contributed by atoms with Gasteiger partial charge in [0, 0.05) is 30.6 Å². The number of benzene rings is 1. The molecule has 4 aliphatic carbocycles. The lowest BCUT2D eigenvalue weighted by atomic mass is 9.48. The Labute approximate surface area is 220 Å². The number of aliphatic hydroxyl groups is 1. The van der Waals surface area contributed by atoms with Gasteiger partial charge in [0.1, 0.15) is 23.0 Å². The third-order valence-corrected chi connectivity index (χ3v) is 11.8. The zero-order valence-electron chi connectivity index (χ0n) is 22.8. The van der Waals surface area contributed by atoms with Crippen molar-refractivity contribution in [2.75, 3.05) is 0 Å². The molecule has 1 amide bonds. The Bertz CT molecular complexity index is 1220. The van der Waals surface area contributed by atoms with E-state index in [4.69, 9.17) is 4.74 Å². The molecular formula is C32H41NO4. The van der Waals surface area contributed by atoms with Gasteiger partial charge in [-0.2, -0.15) is 0 Å². The van der Waals surface area contributed by atoms with Crippen LogP contribution in [0.5, 0.6) is 5.75 Å². The van der Waals surface area contributed by atoms with Gasteiger partial charge in [0.2, 0.25) is 5.91 Å². The second kappa shape index (κ2) is 7.28. The highest BCUT2D eigenvalue weighted by atomic mass is 16.5. The highest BCUT2D eigenvalue weighted by Crippen LogP contribution is 2.70. The van der Waals surface area contributed by atoms with Crippen LogP contribution >= 0.6 is 0 Å². The van der Waals surface area contributed by atoms with E-state index in [9.17, 15) is 14.7 Å². The van der Waals surface area contributed by atoms with E-state index in [0.29, 0.717) is 30.6 Å². The molecule has 37 heavy (non-hydrogen) atoms. The first-order valence-corrected chi connectivity index (χ1v) is 14.4. The molecule has 1 saturated heterocycles.